The van der Waals surface area contributed by atoms with Crippen LogP contribution in [0, 0.1) is 0 Å². The van der Waals surface area contributed by atoms with Crippen LogP contribution in [0.3, 0.4) is 0 Å². The third-order valence-electron chi connectivity index (χ3n) is 3.87. The van der Waals surface area contributed by atoms with Crippen molar-refractivity contribution in [3.63, 3.8) is 0 Å². The van der Waals surface area contributed by atoms with E-state index in [0.717, 1.165) is 23.1 Å². The molecule has 0 bridgehead atoms. The largest absolute Gasteiger partial charge is 0.416 e. The van der Waals surface area contributed by atoms with E-state index in [-0.39, 0.29) is 0 Å². The lowest BCUT2D eigenvalue weighted by Crippen LogP contribution is -2.04. The minimum absolute atomic E-state index is 0.401. The molecular weight excluding hydrogens is 329 g/mol. The Morgan fingerprint density at radius 1 is 0.880 bits per heavy atom. The number of nitrogens with one attached hydrogen (secondary N) is 1. The standard InChI is InChI=1S/C18H11F3N4/c19-18(20,21)14-4-1-3-11(8-14)16-15(5-2-6-22-16)12-7-13-10-24-25-17(13)23-9-12/h1-10H,(H,23,24,25). The van der Waals surface area contributed by atoms with E-state index in [2.05, 4.69) is 20.2 Å². The Hall–Kier alpha value is -3.22. The third-order valence-corrected chi connectivity index (χ3v) is 3.87. The average molecular weight is 340 g/mol. The summed E-state index contributed by atoms with van der Waals surface area (Å²) in [5, 5.41) is 7.51. The molecule has 4 rings (SSSR count). The van der Waals surface area contributed by atoms with E-state index in [9.17, 15) is 13.2 Å². The van der Waals surface area contributed by atoms with Crippen LogP contribution in [0.2, 0.25) is 0 Å². The maximum absolute atomic E-state index is 13.0. The van der Waals surface area contributed by atoms with Gasteiger partial charge in [0.05, 0.1) is 17.5 Å². The predicted molar refractivity (Wildman–Crippen MR) is 87.6 cm³/mol. The molecule has 1 N–H and O–H groups in total. The lowest BCUT2D eigenvalue weighted by atomic mass is 9.99. The summed E-state index contributed by atoms with van der Waals surface area (Å²) in [6, 6.07) is 10.6. The lowest BCUT2D eigenvalue weighted by molar-refractivity contribution is -0.137. The van der Waals surface area contributed by atoms with Crippen LogP contribution in [0.1, 0.15) is 5.56 Å². The Kier molecular flexibility index (Phi) is 3.49. The number of aromatic amines is 1. The SMILES string of the molecule is FC(F)(F)c1cccc(-c2ncccc2-c2cnc3[nH]ncc3c2)c1. The first-order chi connectivity index (χ1) is 12.0. The molecule has 1 aromatic carbocycles. The number of fused-ring (bicyclic) bond motifs is 1. The van der Waals surface area contributed by atoms with Gasteiger partial charge in [-0.15, -0.1) is 0 Å². The van der Waals surface area contributed by atoms with Crippen molar-refractivity contribution in [1.29, 1.82) is 0 Å². The maximum atomic E-state index is 13.0. The van der Waals surface area contributed by atoms with Crippen molar-refractivity contribution < 1.29 is 13.2 Å². The zero-order valence-electron chi connectivity index (χ0n) is 12.7. The van der Waals surface area contributed by atoms with E-state index in [1.807, 2.05) is 12.1 Å². The van der Waals surface area contributed by atoms with Crippen molar-refractivity contribution in [3.8, 4) is 22.4 Å². The highest BCUT2D eigenvalue weighted by molar-refractivity contribution is 5.86. The first-order valence-corrected chi connectivity index (χ1v) is 7.44. The van der Waals surface area contributed by atoms with Crippen LogP contribution in [0.5, 0.6) is 0 Å². The number of pyridine rings is 2. The smallest absolute Gasteiger partial charge is 0.261 e. The van der Waals surface area contributed by atoms with Crippen molar-refractivity contribution >= 4 is 11.0 Å². The molecule has 4 aromatic rings. The van der Waals surface area contributed by atoms with E-state index in [4.69, 9.17) is 0 Å². The molecule has 0 radical (unpaired) electrons. The molecule has 4 nitrogen and oxygen atoms in total. The fourth-order valence-corrected chi connectivity index (χ4v) is 2.69. The van der Waals surface area contributed by atoms with Gasteiger partial charge in [0.1, 0.15) is 0 Å². The molecule has 0 amide bonds. The molecule has 0 aliphatic heterocycles. The fourth-order valence-electron chi connectivity index (χ4n) is 2.69. The van der Waals surface area contributed by atoms with Gasteiger partial charge in [0.2, 0.25) is 0 Å². The van der Waals surface area contributed by atoms with Crippen LogP contribution >= 0.6 is 0 Å². The molecule has 0 atom stereocenters. The molecule has 25 heavy (non-hydrogen) atoms. The zero-order valence-corrected chi connectivity index (χ0v) is 12.7. The number of hydrogen-bond acceptors (Lipinski definition) is 3. The normalized spacial score (nSPS) is 11.8. The number of aromatic nitrogens is 4. The molecule has 0 spiro atoms. The van der Waals surface area contributed by atoms with Gasteiger partial charge in [-0.2, -0.15) is 18.3 Å². The minimum Gasteiger partial charge on any atom is -0.261 e. The Labute approximate surface area is 140 Å². The average Bonchev–Trinajstić information content (AvgIpc) is 3.09. The van der Waals surface area contributed by atoms with Gasteiger partial charge in [0.15, 0.2) is 5.65 Å². The highest BCUT2D eigenvalue weighted by atomic mass is 19.4. The second-order valence-corrected chi connectivity index (χ2v) is 5.51. The number of rotatable bonds is 2. The van der Waals surface area contributed by atoms with Gasteiger partial charge in [-0.25, -0.2) is 4.98 Å². The second-order valence-electron chi connectivity index (χ2n) is 5.51. The summed E-state index contributed by atoms with van der Waals surface area (Å²) in [6.45, 7) is 0. The van der Waals surface area contributed by atoms with Gasteiger partial charge in [-0.1, -0.05) is 18.2 Å². The first-order valence-electron chi connectivity index (χ1n) is 7.44. The van der Waals surface area contributed by atoms with E-state index >= 15 is 0 Å². The summed E-state index contributed by atoms with van der Waals surface area (Å²) in [5.41, 5.74) is 2.28. The Balaban J connectivity index is 1.87. The highest BCUT2D eigenvalue weighted by Gasteiger charge is 2.30. The molecule has 0 unspecified atom stereocenters. The van der Waals surface area contributed by atoms with Crippen LogP contribution in [-0.2, 0) is 6.18 Å². The number of halogens is 3. The molecule has 124 valence electrons. The third kappa shape index (κ3) is 2.84. The summed E-state index contributed by atoms with van der Waals surface area (Å²) in [5.74, 6) is 0. The monoisotopic (exact) mass is 340 g/mol. The Morgan fingerprint density at radius 3 is 2.60 bits per heavy atom. The Bertz CT molecular complexity index is 1050. The van der Waals surface area contributed by atoms with Gasteiger partial charge in [0.25, 0.3) is 0 Å². The molecule has 0 aliphatic carbocycles. The topological polar surface area (TPSA) is 54.5 Å². The van der Waals surface area contributed by atoms with E-state index in [1.165, 1.54) is 6.07 Å². The molecule has 7 heteroatoms. The van der Waals surface area contributed by atoms with Crippen molar-refractivity contribution in [3.05, 3.63) is 66.6 Å². The predicted octanol–water partition coefficient (Wildman–Crippen LogP) is 4.71. The van der Waals surface area contributed by atoms with Gasteiger partial charge in [-0.05, 0) is 24.3 Å². The lowest BCUT2D eigenvalue weighted by Gasteiger charge is -2.11. The van der Waals surface area contributed by atoms with Gasteiger partial charge in [-0.3, -0.25) is 10.1 Å². The number of hydrogen-bond donors (Lipinski definition) is 1. The van der Waals surface area contributed by atoms with Gasteiger partial charge < -0.3 is 0 Å². The number of benzene rings is 1. The summed E-state index contributed by atoms with van der Waals surface area (Å²) in [6.07, 6.45) is 0.450. The number of nitrogens with zero attached hydrogens (tertiary/aromatic N) is 3. The number of H-pyrrole nitrogens is 1. The van der Waals surface area contributed by atoms with E-state index in [0.29, 0.717) is 22.5 Å². The molecule has 0 fully saturated rings. The van der Waals surface area contributed by atoms with Crippen LogP contribution < -0.4 is 0 Å². The van der Waals surface area contributed by atoms with E-state index in [1.54, 1.807) is 30.7 Å². The van der Waals surface area contributed by atoms with Crippen molar-refractivity contribution in [2.75, 3.05) is 0 Å². The van der Waals surface area contributed by atoms with Crippen molar-refractivity contribution in [2.45, 2.75) is 6.18 Å². The minimum atomic E-state index is -4.40. The van der Waals surface area contributed by atoms with Crippen LogP contribution in [0.15, 0.2) is 61.1 Å². The summed E-state index contributed by atoms with van der Waals surface area (Å²) in [7, 11) is 0. The molecule has 0 aliphatic rings. The van der Waals surface area contributed by atoms with Gasteiger partial charge >= 0.3 is 6.18 Å². The van der Waals surface area contributed by atoms with Crippen LogP contribution in [0.25, 0.3) is 33.4 Å². The zero-order chi connectivity index (χ0) is 17.4. The molecule has 3 aromatic heterocycles. The van der Waals surface area contributed by atoms with Crippen molar-refractivity contribution in [2.24, 2.45) is 0 Å². The van der Waals surface area contributed by atoms with E-state index < -0.39 is 11.7 Å². The van der Waals surface area contributed by atoms with Gasteiger partial charge in [0, 0.05) is 34.5 Å². The second kappa shape index (κ2) is 5.70. The summed E-state index contributed by atoms with van der Waals surface area (Å²) >= 11 is 0. The maximum Gasteiger partial charge on any atom is 0.416 e. The molecule has 0 saturated carbocycles. The van der Waals surface area contributed by atoms with Crippen molar-refractivity contribution in [1.82, 2.24) is 20.2 Å². The molecule has 3 heterocycles. The molecular formula is C18H11F3N4. The summed E-state index contributed by atoms with van der Waals surface area (Å²) < 4.78 is 39.0. The fraction of sp³-hybridized carbons (Fsp3) is 0.0556. The number of alkyl halides is 3. The first kappa shape index (κ1) is 15.3. The molecule has 0 saturated heterocycles. The van der Waals surface area contributed by atoms with Crippen LogP contribution in [0.4, 0.5) is 13.2 Å². The summed E-state index contributed by atoms with van der Waals surface area (Å²) in [4.78, 5) is 8.58. The van der Waals surface area contributed by atoms with Crippen LogP contribution in [-0.4, -0.2) is 20.2 Å². The quantitative estimate of drug-likeness (QED) is 0.575. The highest BCUT2D eigenvalue weighted by Crippen LogP contribution is 2.35. The Morgan fingerprint density at radius 2 is 1.76 bits per heavy atom.